The number of hydrogen-bond donors (Lipinski definition) is 2. The van der Waals surface area contributed by atoms with Crippen LogP contribution in [-0.2, 0) is 4.74 Å². The highest BCUT2D eigenvalue weighted by atomic mass is 32.4. The highest BCUT2D eigenvalue weighted by molar-refractivity contribution is 8.33. The average Bonchev–Trinajstić information content (AvgIpc) is 3.28. The molecular weight excluding hydrogens is 484 g/mol. The van der Waals surface area contributed by atoms with E-state index in [-0.39, 0.29) is 23.4 Å². The lowest BCUT2D eigenvalue weighted by molar-refractivity contribution is 0.0616. The third-order valence-corrected chi connectivity index (χ3v) is 8.20. The lowest BCUT2D eigenvalue weighted by Crippen LogP contribution is -2.44. The van der Waals surface area contributed by atoms with Crippen LogP contribution in [0.15, 0.2) is 41.4 Å². The first-order valence-corrected chi connectivity index (χ1v) is 13.6. The number of halogens is 4. The number of carbonyl (C=O) groups is 1. The maximum atomic E-state index is 13.0. The summed E-state index contributed by atoms with van der Waals surface area (Å²) in [5.74, 6) is 1.08. The maximum absolute atomic E-state index is 13.0. The summed E-state index contributed by atoms with van der Waals surface area (Å²) < 4.78 is 57.5. The molecule has 3 aromatic rings. The number of H-pyrrole nitrogens is 1. The fourth-order valence-electron chi connectivity index (χ4n) is 5.19. The van der Waals surface area contributed by atoms with Crippen molar-refractivity contribution in [3.8, 4) is 0 Å². The Hall–Kier alpha value is -2.66. The first kappa shape index (κ1) is 24.1. The molecule has 2 unspecified atom stereocenters. The predicted octanol–water partition coefficient (Wildman–Crippen LogP) is 6.23. The minimum absolute atomic E-state index is 0.123. The summed E-state index contributed by atoms with van der Waals surface area (Å²) in [5, 5.41) is 0. The van der Waals surface area contributed by atoms with E-state index in [1.165, 1.54) is 0 Å². The number of carbonyl (C=O) groups excluding carboxylic acids is 1. The Morgan fingerprint density at radius 3 is 2.43 bits per heavy atom. The number of hydrogen-bond acceptors (Lipinski definition) is 4. The quantitative estimate of drug-likeness (QED) is 0.321. The van der Waals surface area contributed by atoms with Gasteiger partial charge >= 0.3 is 0 Å². The number of thiol groups is 1. The first-order valence-electron chi connectivity index (χ1n) is 11.8. The van der Waals surface area contributed by atoms with Crippen LogP contribution >= 0.6 is 10.7 Å². The Balaban J connectivity index is 1.32. The van der Waals surface area contributed by atoms with Crippen molar-refractivity contribution in [1.82, 2.24) is 19.9 Å². The monoisotopic (exact) mass is 512 g/mol. The van der Waals surface area contributed by atoms with E-state index in [1.807, 2.05) is 13.0 Å². The largest absolute Gasteiger partial charge is 0.381 e. The van der Waals surface area contributed by atoms with Gasteiger partial charge in [0.2, 0.25) is 0 Å². The van der Waals surface area contributed by atoms with E-state index in [9.17, 15) is 20.3 Å². The Morgan fingerprint density at radius 1 is 1.06 bits per heavy atom. The lowest BCUT2D eigenvalue weighted by atomic mass is 9.85. The maximum Gasteiger partial charge on any atom is 0.254 e. The zero-order chi connectivity index (χ0) is 24.8. The summed E-state index contributed by atoms with van der Waals surface area (Å²) in [6, 6.07) is 5.29. The first-order chi connectivity index (χ1) is 16.6. The van der Waals surface area contributed by atoms with E-state index in [0.29, 0.717) is 37.4 Å². The molecule has 0 bridgehead atoms. The molecular formula is C24H28F4N4O2S. The standard InChI is InChI=1S/C24H28F4N4O2S/c1-15-14-18(7-11-32(15)24(33)17-2-4-19(5-3-17)35(25,26,27)28)20-6-10-29-23-21(20)30-22(31-23)16-8-12-34-13-9-16/h2-6,10,15-16,18,35H,7-9,11-14H2,1H3,(H,29,30,31). The Labute approximate surface area is 201 Å². The highest BCUT2D eigenvalue weighted by Gasteiger charge is 2.39. The topological polar surface area (TPSA) is 71.1 Å². The van der Waals surface area contributed by atoms with Crippen LogP contribution in [0, 0.1) is 0 Å². The molecule has 5 rings (SSSR count). The Kier molecular flexibility index (Phi) is 6.03. The molecule has 2 fully saturated rings. The van der Waals surface area contributed by atoms with Gasteiger partial charge in [-0.05, 0) is 74.4 Å². The fraction of sp³-hybridized carbons (Fsp3) is 0.458. The minimum Gasteiger partial charge on any atom is -0.381 e. The molecule has 2 aliphatic rings. The molecule has 1 amide bonds. The molecule has 1 N–H and O–H groups in total. The molecule has 35 heavy (non-hydrogen) atoms. The zero-order valence-electron chi connectivity index (χ0n) is 19.3. The van der Waals surface area contributed by atoms with Crippen LogP contribution in [0.1, 0.15) is 66.2 Å². The Bertz CT molecular complexity index is 1230. The minimum atomic E-state index is -7.84. The summed E-state index contributed by atoms with van der Waals surface area (Å²) in [5.41, 5.74) is 2.83. The molecule has 11 heteroatoms. The van der Waals surface area contributed by atoms with Crippen molar-refractivity contribution in [2.45, 2.75) is 55.4 Å². The molecule has 1 aromatic carbocycles. The number of piperidine rings is 1. The van der Waals surface area contributed by atoms with Gasteiger partial charge in [0.1, 0.15) is 11.3 Å². The van der Waals surface area contributed by atoms with Crippen LogP contribution in [0.2, 0.25) is 0 Å². The summed E-state index contributed by atoms with van der Waals surface area (Å²) in [4.78, 5) is 26.1. The number of rotatable bonds is 4. The van der Waals surface area contributed by atoms with E-state index in [2.05, 4.69) is 9.97 Å². The fourth-order valence-corrected chi connectivity index (χ4v) is 5.79. The zero-order valence-corrected chi connectivity index (χ0v) is 20.2. The molecule has 6 nitrogen and oxygen atoms in total. The van der Waals surface area contributed by atoms with Gasteiger partial charge in [-0.3, -0.25) is 4.79 Å². The van der Waals surface area contributed by atoms with Gasteiger partial charge in [-0.2, -0.15) is 0 Å². The smallest absolute Gasteiger partial charge is 0.254 e. The number of fused-ring (bicyclic) bond motifs is 1. The normalized spacial score (nSPS) is 23.2. The average molecular weight is 513 g/mol. The van der Waals surface area contributed by atoms with Crippen molar-refractivity contribution in [3.05, 3.63) is 53.5 Å². The van der Waals surface area contributed by atoms with Gasteiger partial charge in [0.05, 0.1) is 4.90 Å². The molecule has 190 valence electrons. The molecule has 0 spiro atoms. The number of nitrogens with one attached hydrogen (secondary N) is 1. The second-order valence-corrected chi connectivity index (χ2v) is 11.4. The number of pyridine rings is 1. The van der Waals surface area contributed by atoms with Gasteiger partial charge in [-0.1, -0.05) is 0 Å². The van der Waals surface area contributed by atoms with E-state index in [4.69, 9.17) is 9.72 Å². The van der Waals surface area contributed by atoms with E-state index in [0.717, 1.165) is 60.7 Å². The van der Waals surface area contributed by atoms with Crippen molar-refractivity contribution in [2.75, 3.05) is 19.8 Å². The molecule has 2 saturated heterocycles. The van der Waals surface area contributed by atoms with Gasteiger partial charge in [0.25, 0.3) is 5.91 Å². The number of nitrogens with zero attached hydrogens (tertiary/aromatic N) is 3. The van der Waals surface area contributed by atoms with Crippen molar-refractivity contribution in [3.63, 3.8) is 0 Å². The third kappa shape index (κ3) is 4.88. The van der Waals surface area contributed by atoms with Gasteiger partial charge in [0, 0.05) is 43.5 Å². The van der Waals surface area contributed by atoms with E-state index >= 15 is 0 Å². The van der Waals surface area contributed by atoms with Crippen molar-refractivity contribution in [1.29, 1.82) is 0 Å². The van der Waals surface area contributed by atoms with Crippen molar-refractivity contribution < 1.29 is 25.1 Å². The van der Waals surface area contributed by atoms with Gasteiger partial charge in [0.15, 0.2) is 16.4 Å². The predicted molar refractivity (Wildman–Crippen MR) is 127 cm³/mol. The molecule has 0 aliphatic carbocycles. The molecule has 2 aromatic heterocycles. The number of imidazole rings is 1. The van der Waals surface area contributed by atoms with Crippen LogP contribution < -0.4 is 0 Å². The molecule has 4 heterocycles. The van der Waals surface area contributed by atoms with Crippen molar-refractivity contribution in [2.24, 2.45) is 0 Å². The number of likely N-dealkylation sites (tertiary alicyclic amines) is 1. The number of aromatic amines is 1. The number of benzene rings is 1. The summed E-state index contributed by atoms with van der Waals surface area (Å²) in [6.07, 6.45) is 5.01. The van der Waals surface area contributed by atoms with Crippen molar-refractivity contribution >= 4 is 27.8 Å². The van der Waals surface area contributed by atoms with Crippen LogP contribution in [-0.4, -0.2) is 51.6 Å². The lowest BCUT2D eigenvalue weighted by Gasteiger charge is -2.38. The highest BCUT2D eigenvalue weighted by Crippen LogP contribution is 2.81. The molecule has 2 atom stereocenters. The molecule has 2 aliphatic heterocycles. The van der Waals surface area contributed by atoms with Gasteiger partial charge in [-0.25, -0.2) is 9.97 Å². The number of aromatic nitrogens is 3. The van der Waals surface area contributed by atoms with Crippen LogP contribution in [0.5, 0.6) is 0 Å². The van der Waals surface area contributed by atoms with Gasteiger partial charge < -0.3 is 14.6 Å². The SMILES string of the molecule is CC1CC(c2ccnc3[nH]c(C4CCOCC4)nc23)CCN1C(=O)c1ccc([SH](F)(F)(F)F)cc1. The van der Waals surface area contributed by atoms with E-state index in [1.54, 1.807) is 11.1 Å². The van der Waals surface area contributed by atoms with Crippen LogP contribution in [0.3, 0.4) is 0 Å². The molecule has 0 saturated carbocycles. The molecule has 0 radical (unpaired) electrons. The second-order valence-electron chi connectivity index (χ2n) is 9.44. The number of ether oxygens (including phenoxy) is 1. The van der Waals surface area contributed by atoms with E-state index < -0.39 is 15.6 Å². The Morgan fingerprint density at radius 2 is 1.77 bits per heavy atom. The number of amides is 1. The van der Waals surface area contributed by atoms with Crippen LogP contribution in [0.4, 0.5) is 15.5 Å². The second kappa shape index (κ2) is 8.77. The third-order valence-electron chi connectivity index (χ3n) is 7.12. The summed E-state index contributed by atoms with van der Waals surface area (Å²) in [6.45, 7) is 3.85. The van der Waals surface area contributed by atoms with Gasteiger partial charge in [-0.15, -0.1) is 15.5 Å². The van der Waals surface area contributed by atoms with Crippen LogP contribution in [0.25, 0.3) is 11.2 Å². The summed E-state index contributed by atoms with van der Waals surface area (Å²) >= 11 is 0. The summed E-state index contributed by atoms with van der Waals surface area (Å²) in [7, 11) is -7.84.